The molecule has 168 valence electrons. The van der Waals surface area contributed by atoms with Crippen molar-refractivity contribution in [3.05, 3.63) is 77.2 Å². The van der Waals surface area contributed by atoms with Gasteiger partial charge in [0.05, 0.1) is 4.90 Å². The molecule has 0 aliphatic carbocycles. The molecule has 4 rings (SSSR count). The molecule has 2 aromatic rings. The first-order chi connectivity index (χ1) is 15.2. The van der Waals surface area contributed by atoms with Gasteiger partial charge in [-0.15, -0.1) is 0 Å². The number of sulfonamides is 1. The molecule has 0 radical (unpaired) electrons. The second-order valence-corrected chi connectivity index (χ2v) is 10.4. The van der Waals surface area contributed by atoms with Gasteiger partial charge in [-0.3, -0.25) is 14.5 Å². The van der Waals surface area contributed by atoms with Gasteiger partial charge in [0, 0.05) is 36.7 Å². The fraction of sp³-hybridized carbons (Fsp3) is 0.304. The molecule has 2 amide bonds. The lowest BCUT2D eigenvalue weighted by atomic mass is 10.00. The van der Waals surface area contributed by atoms with Crippen molar-refractivity contribution in [2.75, 3.05) is 6.54 Å². The molecule has 0 bridgehead atoms. The normalized spacial score (nSPS) is 19.3. The van der Waals surface area contributed by atoms with Crippen LogP contribution in [0, 0.1) is 0 Å². The molecular formula is C23H24ClN3O4S. The lowest BCUT2D eigenvalue weighted by molar-refractivity contribution is -0.148. The molecule has 2 heterocycles. The average Bonchev–Trinajstić information content (AvgIpc) is 2.77. The van der Waals surface area contributed by atoms with Crippen LogP contribution in [0.2, 0.25) is 5.02 Å². The first-order valence-corrected chi connectivity index (χ1v) is 12.2. The Labute approximate surface area is 192 Å². The fourth-order valence-corrected chi connectivity index (χ4v) is 5.59. The maximum absolute atomic E-state index is 13.4. The fourth-order valence-electron chi connectivity index (χ4n) is 4.00. The van der Waals surface area contributed by atoms with E-state index in [1.165, 1.54) is 32.4 Å². The molecule has 0 saturated carbocycles. The summed E-state index contributed by atoms with van der Waals surface area (Å²) in [5, 5.41) is 0.572. The lowest BCUT2D eigenvalue weighted by Gasteiger charge is -2.46. The van der Waals surface area contributed by atoms with Crippen LogP contribution >= 0.6 is 11.6 Å². The van der Waals surface area contributed by atoms with Gasteiger partial charge in [0.15, 0.2) is 0 Å². The van der Waals surface area contributed by atoms with Crippen molar-refractivity contribution in [1.29, 1.82) is 0 Å². The highest BCUT2D eigenvalue weighted by Gasteiger charge is 2.46. The van der Waals surface area contributed by atoms with Gasteiger partial charge in [0.2, 0.25) is 11.8 Å². The topological polar surface area (TPSA) is 78.0 Å². The molecule has 1 fully saturated rings. The van der Waals surface area contributed by atoms with Crippen LogP contribution in [0.15, 0.2) is 71.5 Å². The number of nitrogens with zero attached hydrogens (tertiary/aromatic N) is 3. The maximum atomic E-state index is 13.4. The van der Waals surface area contributed by atoms with Gasteiger partial charge in [0.1, 0.15) is 11.9 Å². The zero-order chi connectivity index (χ0) is 23.0. The highest BCUT2D eigenvalue weighted by atomic mass is 35.5. The Morgan fingerprint density at radius 3 is 2.31 bits per heavy atom. The number of halogens is 1. The number of fused-ring (bicyclic) bond motifs is 1. The van der Waals surface area contributed by atoms with Gasteiger partial charge in [-0.1, -0.05) is 41.9 Å². The number of amides is 2. The summed E-state index contributed by atoms with van der Waals surface area (Å²) in [5.74, 6) is -0.310. The smallest absolute Gasteiger partial charge is 0.265 e. The van der Waals surface area contributed by atoms with E-state index >= 15 is 0 Å². The number of carbonyl (C=O) groups excluding carboxylic acids is 2. The summed E-state index contributed by atoms with van der Waals surface area (Å²) in [4.78, 5) is 29.3. The third-order valence-corrected chi connectivity index (χ3v) is 7.71. The highest BCUT2D eigenvalue weighted by Crippen LogP contribution is 2.34. The number of carbonyl (C=O) groups is 2. The summed E-state index contributed by atoms with van der Waals surface area (Å²) < 4.78 is 28.1. The Kier molecular flexibility index (Phi) is 6.01. The van der Waals surface area contributed by atoms with E-state index in [0.717, 1.165) is 5.56 Å². The minimum Gasteiger partial charge on any atom is -0.311 e. The van der Waals surface area contributed by atoms with Crippen molar-refractivity contribution in [2.24, 2.45) is 0 Å². The molecule has 2 aliphatic rings. The Balaban J connectivity index is 1.79. The summed E-state index contributed by atoms with van der Waals surface area (Å²) >= 11 is 5.99. The van der Waals surface area contributed by atoms with Crippen LogP contribution in [0.1, 0.15) is 25.8 Å². The maximum Gasteiger partial charge on any atom is 0.265 e. The van der Waals surface area contributed by atoms with Crippen LogP contribution in [0.5, 0.6) is 0 Å². The third-order valence-electron chi connectivity index (χ3n) is 5.64. The van der Waals surface area contributed by atoms with Crippen molar-refractivity contribution >= 4 is 33.4 Å². The summed E-state index contributed by atoms with van der Waals surface area (Å²) in [6.07, 6.45) is 1.74. The van der Waals surface area contributed by atoms with E-state index < -0.39 is 16.1 Å². The first-order valence-electron chi connectivity index (χ1n) is 10.4. The van der Waals surface area contributed by atoms with Gasteiger partial charge in [0.25, 0.3) is 10.0 Å². The van der Waals surface area contributed by atoms with Crippen LogP contribution in [0.4, 0.5) is 0 Å². The Morgan fingerprint density at radius 1 is 1.03 bits per heavy atom. The van der Waals surface area contributed by atoms with E-state index in [9.17, 15) is 18.0 Å². The van der Waals surface area contributed by atoms with Crippen molar-refractivity contribution < 1.29 is 18.0 Å². The van der Waals surface area contributed by atoms with E-state index in [0.29, 0.717) is 5.02 Å². The van der Waals surface area contributed by atoms with E-state index in [-0.39, 0.29) is 48.0 Å². The summed E-state index contributed by atoms with van der Waals surface area (Å²) in [7, 11) is -3.91. The van der Waals surface area contributed by atoms with E-state index in [1.54, 1.807) is 42.5 Å². The van der Waals surface area contributed by atoms with Crippen LogP contribution < -0.4 is 0 Å². The highest BCUT2D eigenvalue weighted by molar-refractivity contribution is 7.89. The molecule has 0 aromatic heterocycles. The van der Waals surface area contributed by atoms with Gasteiger partial charge in [-0.2, -0.15) is 0 Å². The zero-order valence-corrected chi connectivity index (χ0v) is 19.4. The molecule has 7 nitrogen and oxygen atoms in total. The monoisotopic (exact) mass is 473 g/mol. The predicted octanol–water partition coefficient (Wildman–Crippen LogP) is 3.22. The molecule has 9 heteroatoms. The lowest BCUT2D eigenvalue weighted by Crippen LogP contribution is -2.61. The molecule has 0 N–H and O–H groups in total. The van der Waals surface area contributed by atoms with E-state index in [1.807, 2.05) is 13.8 Å². The molecular weight excluding hydrogens is 450 g/mol. The second kappa shape index (κ2) is 8.60. The van der Waals surface area contributed by atoms with Crippen LogP contribution in [0.25, 0.3) is 0 Å². The number of hydrogen-bond donors (Lipinski definition) is 0. The van der Waals surface area contributed by atoms with Gasteiger partial charge in [-0.25, -0.2) is 12.7 Å². The summed E-state index contributed by atoms with van der Waals surface area (Å²) in [6.45, 7) is 3.72. The minimum absolute atomic E-state index is 0.00448. The summed E-state index contributed by atoms with van der Waals surface area (Å²) in [5.41, 5.74) is 0.827. The van der Waals surface area contributed by atoms with E-state index in [2.05, 4.69) is 0 Å². The molecule has 1 saturated heterocycles. The standard InChI is InChI=1S/C23H24ClN3O4S/c1-16(2)25-15-21-26(32(30,31)19-6-4-3-5-7-19)13-12-22(28)27(21)20(23(25)29)14-17-8-10-18(24)11-9-17/h3-11,15-16,20H,12-14H2,1-2H3. The van der Waals surface area contributed by atoms with Crippen molar-refractivity contribution in [1.82, 2.24) is 14.1 Å². The van der Waals surface area contributed by atoms with Crippen molar-refractivity contribution in [3.63, 3.8) is 0 Å². The molecule has 0 spiro atoms. The third kappa shape index (κ3) is 4.00. The Morgan fingerprint density at radius 2 is 1.69 bits per heavy atom. The quantitative estimate of drug-likeness (QED) is 0.668. The number of rotatable bonds is 5. The van der Waals surface area contributed by atoms with Crippen LogP contribution in [-0.2, 0) is 26.0 Å². The molecule has 2 aliphatic heterocycles. The van der Waals surface area contributed by atoms with E-state index in [4.69, 9.17) is 11.6 Å². The van der Waals surface area contributed by atoms with Crippen LogP contribution in [-0.4, -0.2) is 53.0 Å². The van der Waals surface area contributed by atoms with Crippen molar-refractivity contribution in [3.8, 4) is 0 Å². The molecule has 32 heavy (non-hydrogen) atoms. The SMILES string of the molecule is CC(C)N1C=C2N(C(=O)CCN2S(=O)(=O)c2ccccc2)C(Cc2ccc(Cl)cc2)C1=O. The number of benzene rings is 2. The number of hydrogen-bond acceptors (Lipinski definition) is 4. The predicted molar refractivity (Wildman–Crippen MR) is 121 cm³/mol. The first kappa shape index (κ1) is 22.4. The van der Waals surface area contributed by atoms with Crippen LogP contribution in [0.3, 0.4) is 0 Å². The molecule has 1 unspecified atom stereocenters. The van der Waals surface area contributed by atoms with Crippen molar-refractivity contribution in [2.45, 2.75) is 43.7 Å². The zero-order valence-electron chi connectivity index (χ0n) is 17.8. The largest absolute Gasteiger partial charge is 0.311 e. The molecule has 1 atom stereocenters. The Bertz CT molecular complexity index is 1160. The van der Waals surface area contributed by atoms with Gasteiger partial charge >= 0.3 is 0 Å². The molecule has 2 aromatic carbocycles. The average molecular weight is 474 g/mol. The summed E-state index contributed by atoms with van der Waals surface area (Å²) in [6, 6.07) is 14.1. The Hall–Kier alpha value is -2.84. The van der Waals surface area contributed by atoms with Gasteiger partial charge < -0.3 is 4.90 Å². The minimum atomic E-state index is -3.91. The second-order valence-electron chi connectivity index (χ2n) is 8.08. The van der Waals surface area contributed by atoms with Gasteiger partial charge in [-0.05, 0) is 43.7 Å².